The highest BCUT2D eigenvalue weighted by Gasteiger charge is 2.35. The highest BCUT2D eigenvalue weighted by atomic mass is 35.7. The van der Waals surface area contributed by atoms with Crippen molar-refractivity contribution in [3.8, 4) is 0 Å². The molecule has 1 saturated heterocycles. The Labute approximate surface area is 123 Å². The average molecular weight is 342 g/mol. The summed E-state index contributed by atoms with van der Waals surface area (Å²) in [5.41, 5.74) is -0.759. The molecule has 0 aromatic heterocycles. The van der Waals surface area contributed by atoms with Crippen LogP contribution in [0.25, 0.3) is 0 Å². The summed E-state index contributed by atoms with van der Waals surface area (Å²) in [5, 5.41) is 0. The molecule has 0 bridgehead atoms. The number of carbonyl (C=O) groups is 1. The molecule has 1 atom stereocenters. The third-order valence-corrected chi connectivity index (χ3v) is 4.37. The van der Waals surface area contributed by atoms with Crippen LogP contribution < -0.4 is 4.90 Å². The van der Waals surface area contributed by atoms with E-state index in [1.807, 2.05) is 0 Å². The average Bonchev–Trinajstić information content (AvgIpc) is 2.67. The highest BCUT2D eigenvalue weighted by molar-refractivity contribution is 8.13. The van der Waals surface area contributed by atoms with Gasteiger partial charge < -0.3 is 4.90 Å². The topological polar surface area (TPSA) is 54.5 Å². The van der Waals surface area contributed by atoms with E-state index >= 15 is 0 Å². The number of carbonyl (C=O) groups excluding carboxylic acids is 1. The molecular formula is C12H11ClF3NO3S. The van der Waals surface area contributed by atoms with Gasteiger partial charge in [0.2, 0.25) is 15.0 Å². The largest absolute Gasteiger partial charge is 0.416 e. The van der Waals surface area contributed by atoms with Crippen molar-refractivity contribution in [2.24, 2.45) is 5.92 Å². The number of rotatable bonds is 3. The molecular weight excluding hydrogens is 331 g/mol. The Morgan fingerprint density at radius 3 is 2.57 bits per heavy atom. The van der Waals surface area contributed by atoms with E-state index in [2.05, 4.69) is 0 Å². The predicted molar refractivity (Wildman–Crippen MR) is 71.5 cm³/mol. The molecule has 2 rings (SSSR count). The van der Waals surface area contributed by atoms with Crippen LogP contribution in [0.3, 0.4) is 0 Å². The number of alkyl halides is 3. The molecule has 1 unspecified atom stereocenters. The van der Waals surface area contributed by atoms with Crippen molar-refractivity contribution in [2.75, 3.05) is 17.2 Å². The van der Waals surface area contributed by atoms with Crippen LogP contribution in [0.15, 0.2) is 24.3 Å². The van der Waals surface area contributed by atoms with Gasteiger partial charge in [0.25, 0.3) is 0 Å². The van der Waals surface area contributed by atoms with Gasteiger partial charge in [-0.2, -0.15) is 13.2 Å². The van der Waals surface area contributed by atoms with Gasteiger partial charge in [0.1, 0.15) is 0 Å². The fraction of sp³-hybridized carbons (Fsp3) is 0.417. The zero-order chi connectivity index (χ0) is 15.8. The highest BCUT2D eigenvalue weighted by Crippen LogP contribution is 2.33. The van der Waals surface area contributed by atoms with E-state index < -0.39 is 32.6 Å². The molecule has 1 aromatic carbocycles. The van der Waals surface area contributed by atoms with E-state index in [4.69, 9.17) is 10.7 Å². The van der Waals surface area contributed by atoms with Crippen molar-refractivity contribution in [2.45, 2.75) is 12.6 Å². The van der Waals surface area contributed by atoms with Crippen LogP contribution >= 0.6 is 10.7 Å². The summed E-state index contributed by atoms with van der Waals surface area (Å²) in [6, 6.07) is 4.36. The summed E-state index contributed by atoms with van der Waals surface area (Å²) >= 11 is 0. The van der Waals surface area contributed by atoms with Crippen molar-refractivity contribution < 1.29 is 26.4 Å². The van der Waals surface area contributed by atoms with Crippen LogP contribution in [0.5, 0.6) is 0 Å². The molecule has 1 heterocycles. The first-order valence-electron chi connectivity index (χ1n) is 5.96. The van der Waals surface area contributed by atoms with Crippen LogP contribution in [0.4, 0.5) is 18.9 Å². The van der Waals surface area contributed by atoms with Gasteiger partial charge in [-0.15, -0.1) is 0 Å². The number of hydrogen-bond acceptors (Lipinski definition) is 3. The van der Waals surface area contributed by atoms with E-state index in [0.29, 0.717) is 0 Å². The molecule has 1 fully saturated rings. The van der Waals surface area contributed by atoms with Gasteiger partial charge in [-0.05, 0) is 18.2 Å². The zero-order valence-electron chi connectivity index (χ0n) is 10.6. The standard InChI is InChI=1S/C12H11ClF3NO3S/c13-21(19,20)7-8-4-11(18)17(6-8)10-3-1-2-9(5-10)12(14,15)16/h1-3,5,8H,4,6-7H2. The molecule has 21 heavy (non-hydrogen) atoms. The van der Waals surface area contributed by atoms with Gasteiger partial charge in [0, 0.05) is 35.3 Å². The lowest BCUT2D eigenvalue weighted by Gasteiger charge is -2.18. The SMILES string of the molecule is O=C1CC(CS(=O)(=O)Cl)CN1c1cccc(C(F)(F)F)c1. The maximum Gasteiger partial charge on any atom is 0.416 e. The summed E-state index contributed by atoms with van der Waals surface area (Å²) in [6.45, 7) is 0.0338. The van der Waals surface area contributed by atoms with Crippen molar-refractivity contribution in [1.82, 2.24) is 0 Å². The molecule has 4 nitrogen and oxygen atoms in total. The van der Waals surface area contributed by atoms with E-state index in [0.717, 1.165) is 17.0 Å². The number of anilines is 1. The van der Waals surface area contributed by atoms with Crippen molar-refractivity contribution in [1.29, 1.82) is 0 Å². The van der Waals surface area contributed by atoms with E-state index in [1.165, 1.54) is 12.1 Å². The van der Waals surface area contributed by atoms with Crippen LogP contribution in [-0.4, -0.2) is 26.6 Å². The second-order valence-electron chi connectivity index (χ2n) is 4.83. The molecule has 0 spiro atoms. The Morgan fingerprint density at radius 2 is 2.00 bits per heavy atom. The van der Waals surface area contributed by atoms with Crippen molar-refractivity contribution in [3.63, 3.8) is 0 Å². The Morgan fingerprint density at radius 1 is 1.33 bits per heavy atom. The summed E-state index contributed by atoms with van der Waals surface area (Å²) in [7, 11) is 1.38. The lowest BCUT2D eigenvalue weighted by atomic mass is 10.1. The molecule has 116 valence electrons. The van der Waals surface area contributed by atoms with Gasteiger partial charge >= 0.3 is 6.18 Å². The molecule has 1 aliphatic heterocycles. The van der Waals surface area contributed by atoms with Crippen LogP contribution in [-0.2, 0) is 20.0 Å². The Hall–Kier alpha value is -1.28. The van der Waals surface area contributed by atoms with Gasteiger partial charge in [-0.3, -0.25) is 4.79 Å². The van der Waals surface area contributed by atoms with Crippen molar-refractivity contribution in [3.05, 3.63) is 29.8 Å². The minimum absolute atomic E-state index is 0.0338. The fourth-order valence-electron chi connectivity index (χ4n) is 2.27. The number of nitrogens with zero attached hydrogens (tertiary/aromatic N) is 1. The minimum Gasteiger partial charge on any atom is -0.312 e. The Bertz CT molecular complexity index is 660. The first-order chi connectivity index (χ1) is 9.56. The molecule has 0 N–H and O–H groups in total. The molecule has 0 radical (unpaired) electrons. The van der Waals surface area contributed by atoms with Crippen LogP contribution in [0.2, 0.25) is 0 Å². The molecule has 0 aliphatic carbocycles. The lowest BCUT2D eigenvalue weighted by molar-refractivity contribution is -0.137. The van der Waals surface area contributed by atoms with E-state index in [-0.39, 0.29) is 24.4 Å². The predicted octanol–water partition coefficient (Wildman–Crippen LogP) is 2.63. The van der Waals surface area contributed by atoms with Gasteiger partial charge in [0.05, 0.1) is 11.3 Å². The molecule has 1 aromatic rings. The number of benzene rings is 1. The number of halogens is 4. The molecule has 0 saturated carbocycles. The fourth-order valence-corrected chi connectivity index (χ4v) is 3.60. The Kier molecular flexibility index (Phi) is 4.21. The molecule has 9 heteroatoms. The molecule has 1 amide bonds. The third kappa shape index (κ3) is 4.10. The zero-order valence-corrected chi connectivity index (χ0v) is 12.2. The van der Waals surface area contributed by atoms with E-state index in [1.54, 1.807) is 0 Å². The minimum atomic E-state index is -4.50. The maximum absolute atomic E-state index is 12.7. The van der Waals surface area contributed by atoms with Crippen LogP contribution in [0.1, 0.15) is 12.0 Å². The molecule has 1 aliphatic rings. The Balaban J connectivity index is 2.21. The second-order valence-corrected chi connectivity index (χ2v) is 7.65. The van der Waals surface area contributed by atoms with Gasteiger partial charge in [0.15, 0.2) is 0 Å². The first kappa shape index (κ1) is 16.1. The summed E-state index contributed by atoms with van der Waals surface area (Å²) in [4.78, 5) is 13.0. The quantitative estimate of drug-likeness (QED) is 0.794. The van der Waals surface area contributed by atoms with Gasteiger partial charge in [-0.25, -0.2) is 8.42 Å². The number of amides is 1. The summed E-state index contributed by atoms with van der Waals surface area (Å²) < 4.78 is 60.0. The summed E-state index contributed by atoms with van der Waals surface area (Å²) in [6.07, 6.45) is -4.56. The third-order valence-electron chi connectivity index (χ3n) is 3.13. The monoisotopic (exact) mass is 341 g/mol. The second kappa shape index (κ2) is 5.49. The van der Waals surface area contributed by atoms with E-state index in [9.17, 15) is 26.4 Å². The van der Waals surface area contributed by atoms with Crippen LogP contribution in [0, 0.1) is 5.92 Å². The first-order valence-corrected chi connectivity index (χ1v) is 8.44. The lowest BCUT2D eigenvalue weighted by Crippen LogP contribution is -2.25. The van der Waals surface area contributed by atoms with Gasteiger partial charge in [-0.1, -0.05) is 6.07 Å². The van der Waals surface area contributed by atoms with Crippen molar-refractivity contribution >= 4 is 31.3 Å². The maximum atomic E-state index is 12.7. The summed E-state index contributed by atoms with van der Waals surface area (Å²) in [5.74, 6) is -1.32. The number of hydrogen-bond donors (Lipinski definition) is 0. The smallest absolute Gasteiger partial charge is 0.312 e. The normalized spacial score (nSPS) is 20.1.